The van der Waals surface area contributed by atoms with Gasteiger partial charge >= 0.3 is 6.03 Å². The molecule has 0 bridgehead atoms. The van der Waals surface area contributed by atoms with Crippen LogP contribution in [0.4, 0.5) is 4.79 Å². The van der Waals surface area contributed by atoms with E-state index in [1.165, 1.54) is 0 Å². The van der Waals surface area contributed by atoms with E-state index in [4.69, 9.17) is 10.5 Å². The number of nitrogens with zero attached hydrogens (tertiary/aromatic N) is 2. The fourth-order valence-corrected chi connectivity index (χ4v) is 4.47. The first kappa shape index (κ1) is 22.3. The van der Waals surface area contributed by atoms with Gasteiger partial charge in [0, 0.05) is 7.05 Å². The van der Waals surface area contributed by atoms with Gasteiger partial charge in [-0.1, -0.05) is 42.5 Å². The van der Waals surface area contributed by atoms with E-state index in [0.717, 1.165) is 20.8 Å². The molecule has 4 rings (SSSR count). The molecule has 3 N–H and O–H groups in total. The number of rotatable bonds is 8. The summed E-state index contributed by atoms with van der Waals surface area (Å²) in [5.74, 6) is 1.16. The van der Waals surface area contributed by atoms with Crippen LogP contribution >= 0.6 is 11.3 Å². The number of thiazole rings is 1. The number of fused-ring (bicyclic) bond motifs is 1. The molecule has 0 unspecified atom stereocenters. The lowest BCUT2D eigenvalue weighted by molar-refractivity contribution is -0.130. The van der Waals surface area contributed by atoms with Gasteiger partial charge in [0.15, 0.2) is 0 Å². The average molecular weight is 461 g/mol. The molecular formula is C25H24N4O3S. The van der Waals surface area contributed by atoms with E-state index in [1.807, 2.05) is 72.8 Å². The molecule has 3 aromatic carbocycles. The first-order chi connectivity index (χ1) is 16.0. The van der Waals surface area contributed by atoms with Crippen molar-refractivity contribution in [3.05, 3.63) is 89.4 Å². The predicted molar refractivity (Wildman–Crippen MR) is 129 cm³/mol. The zero-order valence-corrected chi connectivity index (χ0v) is 18.9. The van der Waals surface area contributed by atoms with Gasteiger partial charge in [-0.2, -0.15) is 0 Å². The molecule has 168 valence electrons. The Balaban J connectivity index is 1.47. The molecule has 4 aromatic rings. The van der Waals surface area contributed by atoms with Crippen LogP contribution in [-0.2, 0) is 11.3 Å². The smallest absolute Gasteiger partial charge is 0.312 e. The Bertz CT molecular complexity index is 1230. The number of primary amides is 1. The highest BCUT2D eigenvalue weighted by molar-refractivity contribution is 7.18. The third-order valence-electron chi connectivity index (χ3n) is 5.07. The van der Waals surface area contributed by atoms with Gasteiger partial charge in [0.05, 0.1) is 29.2 Å². The predicted octanol–water partition coefficient (Wildman–Crippen LogP) is 4.85. The Morgan fingerprint density at radius 2 is 1.76 bits per heavy atom. The first-order valence-corrected chi connectivity index (χ1v) is 11.3. The van der Waals surface area contributed by atoms with Crippen molar-refractivity contribution in [2.45, 2.75) is 19.0 Å². The number of urea groups is 1. The molecule has 0 aliphatic rings. The molecule has 0 saturated carbocycles. The van der Waals surface area contributed by atoms with Crippen LogP contribution in [-0.4, -0.2) is 28.9 Å². The monoisotopic (exact) mass is 460 g/mol. The number of amides is 3. The highest BCUT2D eigenvalue weighted by Gasteiger charge is 2.21. The topological polar surface area (TPSA) is 97.5 Å². The van der Waals surface area contributed by atoms with E-state index >= 15 is 0 Å². The second-order valence-electron chi connectivity index (χ2n) is 7.58. The van der Waals surface area contributed by atoms with E-state index in [-0.39, 0.29) is 12.3 Å². The van der Waals surface area contributed by atoms with Crippen molar-refractivity contribution in [1.82, 2.24) is 15.2 Å². The fourth-order valence-electron chi connectivity index (χ4n) is 3.45. The number of nitrogens with one attached hydrogen (secondary N) is 1. The van der Waals surface area contributed by atoms with E-state index in [9.17, 15) is 9.59 Å². The zero-order chi connectivity index (χ0) is 23.2. The number of para-hydroxylation sites is 2. The van der Waals surface area contributed by atoms with Crippen molar-refractivity contribution in [3.63, 3.8) is 0 Å². The lowest BCUT2D eigenvalue weighted by Gasteiger charge is -2.22. The summed E-state index contributed by atoms with van der Waals surface area (Å²) in [6.07, 6.45) is 0.0547. The maximum Gasteiger partial charge on any atom is 0.312 e. The summed E-state index contributed by atoms with van der Waals surface area (Å²) in [5, 5.41) is 3.53. The quantitative estimate of drug-likeness (QED) is 0.393. The molecule has 0 saturated heterocycles. The Labute approximate surface area is 195 Å². The average Bonchev–Trinajstić information content (AvgIpc) is 3.21. The van der Waals surface area contributed by atoms with Crippen molar-refractivity contribution in [3.8, 4) is 11.5 Å². The summed E-state index contributed by atoms with van der Waals surface area (Å²) in [6, 6.07) is 23.2. The third-order valence-corrected chi connectivity index (χ3v) is 6.09. The molecule has 3 amide bonds. The Kier molecular flexibility index (Phi) is 6.85. The van der Waals surface area contributed by atoms with Gasteiger partial charge in [0.1, 0.15) is 16.5 Å². The van der Waals surface area contributed by atoms with Crippen LogP contribution in [0, 0.1) is 0 Å². The Morgan fingerprint density at radius 3 is 2.52 bits per heavy atom. The molecule has 7 nitrogen and oxygen atoms in total. The fraction of sp³-hybridized carbons (Fsp3) is 0.160. The van der Waals surface area contributed by atoms with Gasteiger partial charge < -0.3 is 20.7 Å². The van der Waals surface area contributed by atoms with Crippen LogP contribution in [0.15, 0.2) is 78.9 Å². The summed E-state index contributed by atoms with van der Waals surface area (Å²) in [7, 11) is 1.73. The third kappa shape index (κ3) is 5.87. The molecule has 0 aliphatic heterocycles. The van der Waals surface area contributed by atoms with Crippen molar-refractivity contribution in [2.75, 3.05) is 7.05 Å². The molecule has 1 heterocycles. The van der Waals surface area contributed by atoms with Crippen LogP contribution < -0.4 is 15.8 Å². The van der Waals surface area contributed by atoms with Gasteiger partial charge in [-0.3, -0.25) is 4.79 Å². The van der Waals surface area contributed by atoms with Crippen molar-refractivity contribution in [1.29, 1.82) is 0 Å². The maximum atomic E-state index is 13.0. The van der Waals surface area contributed by atoms with Crippen LogP contribution in [0.3, 0.4) is 0 Å². The Morgan fingerprint density at radius 1 is 1.03 bits per heavy atom. The van der Waals surface area contributed by atoms with E-state index in [1.54, 1.807) is 29.4 Å². The van der Waals surface area contributed by atoms with E-state index in [2.05, 4.69) is 10.3 Å². The van der Waals surface area contributed by atoms with Crippen LogP contribution in [0.1, 0.15) is 23.0 Å². The van der Waals surface area contributed by atoms with Crippen LogP contribution in [0.25, 0.3) is 10.2 Å². The molecule has 1 aromatic heterocycles. The Hall–Kier alpha value is -3.91. The highest BCUT2D eigenvalue weighted by Crippen LogP contribution is 2.27. The van der Waals surface area contributed by atoms with Gasteiger partial charge in [0.25, 0.3) is 0 Å². The summed E-state index contributed by atoms with van der Waals surface area (Å²) >= 11 is 1.56. The number of hydrogen-bond donors (Lipinski definition) is 2. The van der Waals surface area contributed by atoms with Crippen LogP contribution in [0.5, 0.6) is 11.5 Å². The van der Waals surface area contributed by atoms with Gasteiger partial charge in [-0.05, 0) is 42.0 Å². The minimum absolute atomic E-state index is 0.0547. The van der Waals surface area contributed by atoms with E-state index < -0.39 is 12.1 Å². The number of aromatic nitrogens is 1. The van der Waals surface area contributed by atoms with Gasteiger partial charge in [-0.15, -0.1) is 11.3 Å². The molecule has 8 heteroatoms. The number of carbonyl (C=O) groups is 2. The molecule has 0 radical (unpaired) electrons. The second-order valence-corrected chi connectivity index (χ2v) is 8.69. The lowest BCUT2D eigenvalue weighted by atomic mass is 10.0. The first-order valence-electron chi connectivity index (χ1n) is 10.4. The zero-order valence-electron chi connectivity index (χ0n) is 18.1. The number of ether oxygens (including phenoxy) is 1. The number of hydrogen-bond acceptors (Lipinski definition) is 5. The molecular weight excluding hydrogens is 436 g/mol. The second kappa shape index (κ2) is 10.1. The minimum Gasteiger partial charge on any atom is -0.457 e. The summed E-state index contributed by atoms with van der Waals surface area (Å²) in [4.78, 5) is 30.8. The summed E-state index contributed by atoms with van der Waals surface area (Å²) < 4.78 is 6.97. The lowest BCUT2D eigenvalue weighted by Crippen LogP contribution is -2.37. The molecule has 0 spiro atoms. The van der Waals surface area contributed by atoms with E-state index in [0.29, 0.717) is 18.0 Å². The summed E-state index contributed by atoms with van der Waals surface area (Å²) in [6.45, 7) is 0.388. The minimum atomic E-state index is -0.698. The SMILES string of the molecule is CN(Cc1nc2ccccc2s1)C(=O)C[C@@H](NC(N)=O)c1cccc(Oc2ccccc2)c1. The van der Waals surface area contributed by atoms with Crippen LogP contribution in [0.2, 0.25) is 0 Å². The van der Waals surface area contributed by atoms with Gasteiger partial charge in [-0.25, -0.2) is 9.78 Å². The normalized spacial score (nSPS) is 11.7. The molecule has 0 aliphatic carbocycles. The highest BCUT2D eigenvalue weighted by atomic mass is 32.1. The van der Waals surface area contributed by atoms with Gasteiger partial charge in [0.2, 0.25) is 5.91 Å². The number of nitrogens with two attached hydrogens (primary N) is 1. The molecule has 0 fully saturated rings. The maximum absolute atomic E-state index is 13.0. The van der Waals surface area contributed by atoms with Crippen molar-refractivity contribution in [2.24, 2.45) is 5.73 Å². The van der Waals surface area contributed by atoms with Crippen molar-refractivity contribution >= 4 is 33.5 Å². The van der Waals surface area contributed by atoms with Crippen molar-refractivity contribution < 1.29 is 14.3 Å². The largest absolute Gasteiger partial charge is 0.457 e. The standard InChI is InChI=1S/C25H24N4O3S/c1-29(16-23-27-20-12-5-6-13-22(20)33-23)24(30)15-21(28-25(26)31)17-8-7-11-19(14-17)32-18-9-3-2-4-10-18/h2-14,21H,15-16H2,1H3,(H3,26,28,31)/t21-/m1/s1. The summed E-state index contributed by atoms with van der Waals surface area (Å²) in [5.41, 5.74) is 7.04. The molecule has 1 atom stereocenters. The molecule has 33 heavy (non-hydrogen) atoms. The number of benzene rings is 3. The number of carbonyl (C=O) groups excluding carboxylic acids is 2.